The van der Waals surface area contributed by atoms with Crippen LogP contribution in [0, 0.1) is 0 Å². The number of carbonyl (C=O) groups excluding carboxylic acids is 2. The molecule has 2 amide bonds. The van der Waals surface area contributed by atoms with Crippen molar-refractivity contribution in [3.8, 4) is 0 Å². The smallest absolute Gasteiger partial charge is 0.256 e. The Morgan fingerprint density at radius 2 is 1.95 bits per heavy atom. The van der Waals surface area contributed by atoms with E-state index in [4.69, 9.17) is 11.6 Å². The summed E-state index contributed by atoms with van der Waals surface area (Å²) in [5.74, 6) is -0.422. The van der Waals surface area contributed by atoms with Crippen LogP contribution in [0.15, 0.2) is 16.6 Å². The normalized spacial score (nSPS) is 15.9. The fraction of sp³-hybridized carbons (Fsp3) is 0.385. The first-order valence-corrected chi connectivity index (χ1v) is 6.98. The predicted molar refractivity (Wildman–Crippen MR) is 78.6 cm³/mol. The molecule has 6 heteroatoms. The van der Waals surface area contributed by atoms with Crippen LogP contribution in [0.4, 0.5) is 5.69 Å². The molecule has 0 saturated heterocycles. The summed E-state index contributed by atoms with van der Waals surface area (Å²) in [4.78, 5) is 26.1. The molecule has 2 rings (SSSR count). The van der Waals surface area contributed by atoms with Crippen molar-refractivity contribution >= 4 is 45.0 Å². The molecule has 0 fully saturated rings. The fourth-order valence-corrected chi connectivity index (χ4v) is 2.86. The molecule has 0 unspecified atom stereocenters. The van der Waals surface area contributed by atoms with E-state index in [1.807, 2.05) is 20.8 Å². The molecule has 0 spiro atoms. The molecule has 19 heavy (non-hydrogen) atoms. The Kier molecular flexibility index (Phi) is 3.62. The van der Waals surface area contributed by atoms with Gasteiger partial charge in [0.05, 0.1) is 11.3 Å². The average Bonchev–Trinajstić information content (AvgIpc) is 2.38. The van der Waals surface area contributed by atoms with E-state index in [-0.39, 0.29) is 18.4 Å². The first-order chi connectivity index (χ1) is 8.70. The van der Waals surface area contributed by atoms with Gasteiger partial charge >= 0.3 is 0 Å². The lowest BCUT2D eigenvalue weighted by Gasteiger charge is -2.33. The van der Waals surface area contributed by atoms with Crippen LogP contribution in [0.3, 0.4) is 0 Å². The van der Waals surface area contributed by atoms with Gasteiger partial charge < -0.3 is 10.2 Å². The third-order valence-corrected chi connectivity index (χ3v) is 3.75. The predicted octanol–water partition coefficient (Wildman–Crippen LogP) is 3.30. The van der Waals surface area contributed by atoms with Crippen molar-refractivity contribution in [1.82, 2.24) is 4.90 Å². The van der Waals surface area contributed by atoms with Gasteiger partial charge in [-0.15, -0.1) is 0 Å². The number of fused-ring (bicyclic) bond motifs is 1. The lowest BCUT2D eigenvalue weighted by Crippen LogP contribution is -2.47. The van der Waals surface area contributed by atoms with E-state index < -0.39 is 5.54 Å². The van der Waals surface area contributed by atoms with E-state index in [9.17, 15) is 9.59 Å². The maximum Gasteiger partial charge on any atom is 0.256 e. The Hall–Kier alpha value is -1.07. The Bertz CT molecular complexity index is 566. The molecule has 1 aliphatic heterocycles. The molecule has 1 N–H and O–H groups in total. The Morgan fingerprint density at radius 3 is 2.53 bits per heavy atom. The fourth-order valence-electron chi connectivity index (χ4n) is 1.95. The van der Waals surface area contributed by atoms with Gasteiger partial charge in [-0.25, -0.2) is 0 Å². The van der Waals surface area contributed by atoms with E-state index in [2.05, 4.69) is 21.2 Å². The molecule has 1 aromatic rings. The number of nitrogens with one attached hydrogen (secondary N) is 1. The highest BCUT2D eigenvalue weighted by Gasteiger charge is 2.34. The van der Waals surface area contributed by atoms with Crippen molar-refractivity contribution in [3.05, 3.63) is 27.2 Å². The van der Waals surface area contributed by atoms with E-state index in [1.165, 1.54) is 4.90 Å². The topological polar surface area (TPSA) is 49.4 Å². The summed E-state index contributed by atoms with van der Waals surface area (Å²) < 4.78 is 0.604. The van der Waals surface area contributed by atoms with Gasteiger partial charge in [0.25, 0.3) is 5.91 Å². The van der Waals surface area contributed by atoms with Crippen molar-refractivity contribution in [1.29, 1.82) is 0 Å². The highest BCUT2D eigenvalue weighted by atomic mass is 79.9. The molecular formula is C13H14BrClN2O2. The van der Waals surface area contributed by atoms with Crippen LogP contribution in [0.2, 0.25) is 5.02 Å². The minimum atomic E-state index is -0.440. The molecule has 102 valence electrons. The van der Waals surface area contributed by atoms with Crippen molar-refractivity contribution in [3.63, 3.8) is 0 Å². The van der Waals surface area contributed by atoms with Crippen molar-refractivity contribution in [2.24, 2.45) is 0 Å². The zero-order chi connectivity index (χ0) is 14.4. The van der Waals surface area contributed by atoms with Crippen LogP contribution < -0.4 is 5.32 Å². The van der Waals surface area contributed by atoms with Gasteiger partial charge in [-0.1, -0.05) is 11.6 Å². The standard InChI is InChI=1S/C13H14BrClN2O2/c1-13(2,3)17-6-10(18)16-11-8(12(17)19)4-7(15)5-9(11)14/h4-5H,6H2,1-3H3,(H,16,18). The number of anilines is 1. The summed E-state index contributed by atoms with van der Waals surface area (Å²) in [6.45, 7) is 5.70. The number of halogens is 2. The van der Waals surface area contributed by atoms with Gasteiger partial charge in [-0.05, 0) is 48.8 Å². The Balaban J connectivity index is 2.61. The van der Waals surface area contributed by atoms with Gasteiger partial charge in [0.1, 0.15) is 6.54 Å². The van der Waals surface area contributed by atoms with Crippen molar-refractivity contribution in [2.75, 3.05) is 11.9 Å². The molecule has 0 bridgehead atoms. The van der Waals surface area contributed by atoms with Crippen LogP contribution in [-0.4, -0.2) is 28.8 Å². The maximum atomic E-state index is 12.6. The summed E-state index contributed by atoms with van der Waals surface area (Å²) in [6, 6.07) is 3.23. The molecule has 0 aliphatic carbocycles. The Labute approximate surface area is 125 Å². The zero-order valence-electron chi connectivity index (χ0n) is 10.9. The molecule has 1 aromatic carbocycles. The second kappa shape index (κ2) is 4.80. The number of benzene rings is 1. The largest absolute Gasteiger partial charge is 0.324 e. The number of amides is 2. The number of nitrogens with zero attached hydrogens (tertiary/aromatic N) is 1. The van der Waals surface area contributed by atoms with Crippen LogP contribution in [0.1, 0.15) is 31.1 Å². The maximum absolute atomic E-state index is 12.6. The van der Waals surface area contributed by atoms with Gasteiger partial charge in [-0.2, -0.15) is 0 Å². The molecule has 1 aliphatic rings. The van der Waals surface area contributed by atoms with Crippen LogP contribution >= 0.6 is 27.5 Å². The van der Waals surface area contributed by atoms with E-state index in [0.29, 0.717) is 20.7 Å². The zero-order valence-corrected chi connectivity index (χ0v) is 13.2. The summed E-state index contributed by atoms with van der Waals surface area (Å²) in [5.41, 5.74) is 0.441. The summed E-state index contributed by atoms with van der Waals surface area (Å²) in [5, 5.41) is 3.19. The second-order valence-electron chi connectivity index (χ2n) is 5.42. The molecule has 0 saturated carbocycles. The number of carbonyl (C=O) groups is 2. The quantitative estimate of drug-likeness (QED) is 0.784. The van der Waals surface area contributed by atoms with Crippen molar-refractivity contribution < 1.29 is 9.59 Å². The van der Waals surface area contributed by atoms with Crippen LogP contribution in [0.25, 0.3) is 0 Å². The van der Waals surface area contributed by atoms with Gasteiger partial charge in [-0.3, -0.25) is 9.59 Å². The number of hydrogen-bond donors (Lipinski definition) is 1. The minimum Gasteiger partial charge on any atom is -0.324 e. The molecule has 0 radical (unpaired) electrons. The average molecular weight is 346 g/mol. The highest BCUT2D eigenvalue weighted by Crippen LogP contribution is 2.34. The molecule has 4 nitrogen and oxygen atoms in total. The second-order valence-corrected chi connectivity index (χ2v) is 6.71. The van der Waals surface area contributed by atoms with E-state index >= 15 is 0 Å². The first kappa shape index (κ1) is 14.3. The van der Waals surface area contributed by atoms with Gasteiger partial charge in [0.15, 0.2) is 0 Å². The first-order valence-electron chi connectivity index (χ1n) is 5.81. The molecule has 1 heterocycles. The van der Waals surface area contributed by atoms with Gasteiger partial charge in [0.2, 0.25) is 5.91 Å². The highest BCUT2D eigenvalue weighted by molar-refractivity contribution is 9.10. The number of rotatable bonds is 0. The van der Waals surface area contributed by atoms with Crippen LogP contribution in [0.5, 0.6) is 0 Å². The summed E-state index contributed by atoms with van der Waals surface area (Å²) in [7, 11) is 0. The molecule has 0 atom stereocenters. The molecule has 0 aromatic heterocycles. The summed E-state index contributed by atoms with van der Waals surface area (Å²) >= 11 is 9.31. The third kappa shape index (κ3) is 2.77. The van der Waals surface area contributed by atoms with Crippen LogP contribution in [-0.2, 0) is 4.79 Å². The minimum absolute atomic E-state index is 0.0288. The lowest BCUT2D eigenvalue weighted by atomic mass is 10.0. The Morgan fingerprint density at radius 1 is 1.32 bits per heavy atom. The SMILES string of the molecule is CC(C)(C)N1CC(=O)Nc2c(Br)cc(Cl)cc2C1=O. The lowest BCUT2D eigenvalue weighted by molar-refractivity contribution is -0.117. The monoisotopic (exact) mass is 344 g/mol. The van der Waals surface area contributed by atoms with Gasteiger partial charge in [0, 0.05) is 15.0 Å². The third-order valence-electron chi connectivity index (χ3n) is 2.91. The summed E-state index contributed by atoms with van der Waals surface area (Å²) in [6.07, 6.45) is 0. The number of hydrogen-bond acceptors (Lipinski definition) is 2. The molecular weight excluding hydrogens is 332 g/mol. The van der Waals surface area contributed by atoms with E-state index in [0.717, 1.165) is 0 Å². The van der Waals surface area contributed by atoms with Crippen molar-refractivity contribution in [2.45, 2.75) is 26.3 Å². The van der Waals surface area contributed by atoms with E-state index in [1.54, 1.807) is 12.1 Å².